The highest BCUT2D eigenvalue weighted by molar-refractivity contribution is 7.99. The second kappa shape index (κ2) is 5.98. The first kappa shape index (κ1) is 13.2. The van der Waals surface area contributed by atoms with Crippen LogP contribution in [0.1, 0.15) is 19.8 Å². The number of nitrogens with zero attached hydrogens (tertiary/aromatic N) is 1. The molecule has 2 amide bonds. The van der Waals surface area contributed by atoms with Crippen molar-refractivity contribution in [1.29, 1.82) is 0 Å². The summed E-state index contributed by atoms with van der Waals surface area (Å²) >= 11 is 1.67. The molecule has 92 valence electrons. The molecule has 0 bridgehead atoms. The van der Waals surface area contributed by atoms with Crippen molar-refractivity contribution in [2.75, 3.05) is 19.3 Å². The van der Waals surface area contributed by atoms with Crippen molar-refractivity contribution in [3.8, 4) is 0 Å². The lowest BCUT2D eigenvalue weighted by molar-refractivity contribution is -0.141. The van der Waals surface area contributed by atoms with Gasteiger partial charge in [-0.25, -0.2) is 9.59 Å². The first-order chi connectivity index (χ1) is 7.56. The van der Waals surface area contributed by atoms with Gasteiger partial charge >= 0.3 is 12.0 Å². The fourth-order valence-corrected chi connectivity index (χ4v) is 1.93. The maximum atomic E-state index is 11.7. The number of likely N-dealkylation sites (tertiary alicyclic amines) is 1. The van der Waals surface area contributed by atoms with Crippen molar-refractivity contribution < 1.29 is 14.7 Å². The van der Waals surface area contributed by atoms with Gasteiger partial charge in [0.1, 0.15) is 6.04 Å². The van der Waals surface area contributed by atoms with Gasteiger partial charge in [0.2, 0.25) is 0 Å². The first-order valence-electron chi connectivity index (χ1n) is 5.36. The predicted octanol–water partition coefficient (Wildman–Crippen LogP) is 0.996. The minimum absolute atomic E-state index is 0.259. The van der Waals surface area contributed by atoms with Crippen LogP contribution in [-0.2, 0) is 4.79 Å². The largest absolute Gasteiger partial charge is 0.480 e. The van der Waals surface area contributed by atoms with Crippen LogP contribution in [0.25, 0.3) is 0 Å². The number of carboxylic acid groups (broad SMARTS) is 1. The van der Waals surface area contributed by atoms with Gasteiger partial charge in [-0.3, -0.25) is 0 Å². The van der Waals surface area contributed by atoms with Gasteiger partial charge in [-0.1, -0.05) is 6.92 Å². The zero-order valence-corrected chi connectivity index (χ0v) is 10.4. The van der Waals surface area contributed by atoms with Crippen molar-refractivity contribution in [2.24, 2.45) is 0 Å². The van der Waals surface area contributed by atoms with E-state index >= 15 is 0 Å². The van der Waals surface area contributed by atoms with E-state index in [0.717, 1.165) is 6.42 Å². The molecule has 0 aliphatic carbocycles. The van der Waals surface area contributed by atoms with Crippen LogP contribution in [0, 0.1) is 0 Å². The summed E-state index contributed by atoms with van der Waals surface area (Å²) in [5, 5.41) is 12.0. The number of nitrogens with one attached hydrogen (secondary N) is 1. The maximum absolute atomic E-state index is 11.7. The van der Waals surface area contributed by atoms with Crippen LogP contribution in [0.3, 0.4) is 0 Å². The SMILES string of the molecule is CSC(C)CNC(=O)N1CCC[C@H]1C(=O)O. The Morgan fingerprint density at radius 1 is 1.62 bits per heavy atom. The average molecular weight is 246 g/mol. The van der Waals surface area contributed by atoms with E-state index in [2.05, 4.69) is 5.32 Å². The molecule has 5 nitrogen and oxygen atoms in total. The summed E-state index contributed by atoms with van der Waals surface area (Å²) in [6.07, 6.45) is 3.30. The summed E-state index contributed by atoms with van der Waals surface area (Å²) < 4.78 is 0. The van der Waals surface area contributed by atoms with Crippen LogP contribution in [0.4, 0.5) is 4.79 Å². The van der Waals surface area contributed by atoms with Crippen molar-refractivity contribution in [3.63, 3.8) is 0 Å². The number of urea groups is 1. The lowest BCUT2D eigenvalue weighted by Crippen LogP contribution is -2.47. The van der Waals surface area contributed by atoms with Crippen molar-refractivity contribution in [3.05, 3.63) is 0 Å². The van der Waals surface area contributed by atoms with Crippen LogP contribution in [0.5, 0.6) is 0 Å². The Morgan fingerprint density at radius 3 is 2.88 bits per heavy atom. The predicted molar refractivity (Wildman–Crippen MR) is 63.7 cm³/mol. The highest BCUT2D eigenvalue weighted by atomic mass is 32.2. The molecule has 1 saturated heterocycles. The van der Waals surface area contributed by atoms with Gasteiger partial charge in [0.25, 0.3) is 0 Å². The number of carboxylic acids is 1. The number of carbonyl (C=O) groups excluding carboxylic acids is 1. The number of hydrogen-bond acceptors (Lipinski definition) is 3. The highest BCUT2D eigenvalue weighted by Crippen LogP contribution is 2.17. The molecule has 0 aromatic rings. The molecule has 0 radical (unpaired) electrons. The Balaban J connectivity index is 2.44. The van der Waals surface area contributed by atoms with Crippen LogP contribution >= 0.6 is 11.8 Å². The molecule has 1 aliphatic rings. The number of thioether (sulfide) groups is 1. The number of hydrogen-bond donors (Lipinski definition) is 2. The summed E-state index contributed by atoms with van der Waals surface area (Å²) in [4.78, 5) is 24.0. The molecule has 2 atom stereocenters. The van der Waals surface area contributed by atoms with Gasteiger partial charge in [0.15, 0.2) is 0 Å². The second-order valence-corrected chi connectivity index (χ2v) is 5.20. The van der Waals surface area contributed by atoms with Gasteiger partial charge in [-0.05, 0) is 19.1 Å². The summed E-state index contributed by atoms with van der Waals surface area (Å²) in [7, 11) is 0. The van der Waals surface area contributed by atoms with E-state index in [-0.39, 0.29) is 6.03 Å². The third-order valence-corrected chi connectivity index (χ3v) is 3.71. The molecule has 1 aliphatic heterocycles. The summed E-state index contributed by atoms with van der Waals surface area (Å²) in [6, 6.07) is -0.907. The van der Waals surface area contributed by atoms with Crippen molar-refractivity contribution >= 4 is 23.8 Å². The Hall–Kier alpha value is -0.910. The number of aliphatic carboxylic acids is 1. The van der Waals surface area contributed by atoms with E-state index in [9.17, 15) is 9.59 Å². The zero-order chi connectivity index (χ0) is 12.1. The van der Waals surface area contributed by atoms with E-state index in [1.54, 1.807) is 11.8 Å². The highest BCUT2D eigenvalue weighted by Gasteiger charge is 2.33. The second-order valence-electron chi connectivity index (χ2n) is 3.92. The molecular formula is C10H18N2O3S. The molecule has 1 rings (SSSR count). The van der Waals surface area contributed by atoms with Crippen molar-refractivity contribution in [1.82, 2.24) is 10.2 Å². The molecular weight excluding hydrogens is 228 g/mol. The molecule has 0 aromatic carbocycles. The fraction of sp³-hybridized carbons (Fsp3) is 0.800. The third kappa shape index (κ3) is 3.30. The smallest absolute Gasteiger partial charge is 0.326 e. The van der Waals surface area contributed by atoms with Gasteiger partial charge < -0.3 is 15.3 Å². The molecule has 1 fully saturated rings. The molecule has 0 aromatic heterocycles. The minimum atomic E-state index is -0.912. The average Bonchev–Trinajstić information content (AvgIpc) is 2.74. The summed E-state index contributed by atoms with van der Waals surface area (Å²) in [5.41, 5.74) is 0. The normalized spacial score (nSPS) is 21.9. The molecule has 1 unspecified atom stereocenters. The molecule has 0 spiro atoms. The zero-order valence-electron chi connectivity index (χ0n) is 9.60. The molecule has 16 heavy (non-hydrogen) atoms. The van der Waals surface area contributed by atoms with E-state index in [4.69, 9.17) is 5.11 Å². The topological polar surface area (TPSA) is 69.6 Å². The molecule has 6 heteroatoms. The van der Waals surface area contributed by atoms with Gasteiger partial charge in [0, 0.05) is 18.3 Å². The summed E-state index contributed by atoms with van der Waals surface area (Å²) in [5.74, 6) is -0.912. The van der Waals surface area contributed by atoms with Gasteiger partial charge in [-0.15, -0.1) is 0 Å². The van der Waals surface area contributed by atoms with E-state index in [0.29, 0.717) is 24.8 Å². The van der Waals surface area contributed by atoms with Gasteiger partial charge in [0.05, 0.1) is 0 Å². The quantitative estimate of drug-likeness (QED) is 0.776. The van der Waals surface area contributed by atoms with E-state index < -0.39 is 12.0 Å². The van der Waals surface area contributed by atoms with Crippen molar-refractivity contribution in [2.45, 2.75) is 31.1 Å². The Bertz CT molecular complexity index is 273. The Morgan fingerprint density at radius 2 is 2.31 bits per heavy atom. The van der Waals surface area contributed by atoms with Crippen LogP contribution in [0.15, 0.2) is 0 Å². The molecule has 1 heterocycles. The number of carbonyl (C=O) groups is 2. The van der Waals surface area contributed by atoms with E-state index in [1.807, 2.05) is 13.2 Å². The van der Waals surface area contributed by atoms with Crippen LogP contribution in [-0.4, -0.2) is 52.6 Å². The number of amides is 2. The Labute approximate surface area is 99.6 Å². The lowest BCUT2D eigenvalue weighted by Gasteiger charge is -2.22. The number of rotatable bonds is 4. The van der Waals surface area contributed by atoms with E-state index in [1.165, 1.54) is 4.90 Å². The third-order valence-electron chi connectivity index (χ3n) is 2.74. The fourth-order valence-electron chi connectivity index (χ4n) is 1.68. The van der Waals surface area contributed by atoms with Gasteiger partial charge in [-0.2, -0.15) is 11.8 Å². The molecule has 2 N–H and O–H groups in total. The Kier molecular flexibility index (Phi) is 4.92. The monoisotopic (exact) mass is 246 g/mol. The van der Waals surface area contributed by atoms with Crippen LogP contribution in [0.2, 0.25) is 0 Å². The minimum Gasteiger partial charge on any atom is -0.480 e. The molecule has 0 saturated carbocycles. The maximum Gasteiger partial charge on any atom is 0.326 e. The summed E-state index contributed by atoms with van der Waals surface area (Å²) in [6.45, 7) is 3.13. The van der Waals surface area contributed by atoms with Crippen LogP contribution < -0.4 is 5.32 Å². The first-order valence-corrected chi connectivity index (χ1v) is 6.65. The standard InChI is InChI=1S/C10H18N2O3S/c1-7(16-2)6-11-10(15)12-5-3-4-8(12)9(13)14/h7-8H,3-6H2,1-2H3,(H,11,15)(H,13,14)/t7?,8-/m0/s1. The lowest BCUT2D eigenvalue weighted by atomic mass is 10.2.